The van der Waals surface area contributed by atoms with E-state index in [1.165, 1.54) is 37.0 Å². The average Bonchev–Trinajstić information content (AvgIpc) is 2.34. The first-order chi connectivity index (χ1) is 6.75. The second-order valence-electron chi connectivity index (χ2n) is 4.40. The topological polar surface area (TPSA) is 26.0 Å². The highest BCUT2D eigenvalue weighted by Gasteiger charge is 2.12. The van der Waals surface area contributed by atoms with Crippen molar-refractivity contribution in [1.29, 1.82) is 0 Å². The summed E-state index contributed by atoms with van der Waals surface area (Å²) in [6, 6.07) is 2.70. The average molecular weight is 209 g/mol. The van der Waals surface area contributed by atoms with E-state index in [-0.39, 0.29) is 0 Å². The lowest BCUT2D eigenvalue weighted by Crippen LogP contribution is -2.16. The molecule has 1 aliphatic carbocycles. The van der Waals surface area contributed by atoms with Gasteiger partial charge in [0.25, 0.3) is 0 Å². The molecule has 1 heterocycles. The van der Waals surface area contributed by atoms with Crippen LogP contribution >= 0.6 is 11.3 Å². The Morgan fingerprint density at radius 1 is 1.36 bits per heavy atom. The Bertz CT molecular complexity index is 278. The van der Waals surface area contributed by atoms with Gasteiger partial charge in [0, 0.05) is 15.8 Å². The molecule has 0 saturated heterocycles. The van der Waals surface area contributed by atoms with Crippen LogP contribution < -0.4 is 5.73 Å². The molecular weight excluding hydrogens is 190 g/mol. The van der Waals surface area contributed by atoms with Crippen LogP contribution in [0.4, 0.5) is 0 Å². The van der Waals surface area contributed by atoms with E-state index < -0.39 is 0 Å². The van der Waals surface area contributed by atoms with Crippen LogP contribution in [0.1, 0.15) is 41.5 Å². The minimum atomic E-state index is 0.303. The molecule has 1 aromatic heterocycles. The molecule has 78 valence electrons. The molecule has 0 aromatic carbocycles. The lowest BCUT2D eigenvalue weighted by molar-refractivity contribution is 0.711. The Balaban J connectivity index is 2.14. The van der Waals surface area contributed by atoms with Crippen LogP contribution in [0.2, 0.25) is 0 Å². The largest absolute Gasteiger partial charge is 0.328 e. The summed E-state index contributed by atoms with van der Waals surface area (Å²) in [6.07, 6.45) is 7.82. The van der Waals surface area contributed by atoms with E-state index in [1.807, 2.05) is 11.3 Å². The van der Waals surface area contributed by atoms with Crippen LogP contribution in [0.15, 0.2) is 6.07 Å². The van der Waals surface area contributed by atoms with E-state index in [4.69, 9.17) is 5.73 Å². The molecule has 0 fully saturated rings. The Morgan fingerprint density at radius 2 is 2.14 bits per heavy atom. The lowest BCUT2D eigenvalue weighted by atomic mass is 10.1. The highest BCUT2D eigenvalue weighted by atomic mass is 32.1. The van der Waals surface area contributed by atoms with Crippen molar-refractivity contribution >= 4 is 11.3 Å². The normalized spacial score (nSPS) is 18.7. The Morgan fingerprint density at radius 3 is 2.93 bits per heavy atom. The first kappa shape index (κ1) is 10.2. The van der Waals surface area contributed by atoms with Crippen molar-refractivity contribution in [3.8, 4) is 0 Å². The summed E-state index contributed by atoms with van der Waals surface area (Å²) in [5.41, 5.74) is 7.43. The summed E-state index contributed by atoms with van der Waals surface area (Å²) in [4.78, 5) is 3.13. The van der Waals surface area contributed by atoms with Crippen LogP contribution in [0.5, 0.6) is 0 Å². The standard InChI is InChI=1S/C12H19NS/c1-9(13)7-11-8-10-5-3-2-4-6-12(10)14-11/h8-9H,2-7,13H2,1H3. The predicted octanol–water partition coefficient (Wildman–Crippen LogP) is 2.91. The second kappa shape index (κ2) is 4.45. The van der Waals surface area contributed by atoms with Crippen molar-refractivity contribution < 1.29 is 0 Å². The van der Waals surface area contributed by atoms with Gasteiger partial charge < -0.3 is 5.73 Å². The number of fused-ring (bicyclic) bond motifs is 1. The predicted molar refractivity (Wildman–Crippen MR) is 62.9 cm³/mol. The first-order valence-corrected chi connectivity index (χ1v) is 6.43. The third-order valence-corrected chi connectivity index (χ3v) is 4.08. The van der Waals surface area contributed by atoms with Crippen molar-refractivity contribution in [2.24, 2.45) is 5.73 Å². The van der Waals surface area contributed by atoms with Crippen molar-refractivity contribution in [1.82, 2.24) is 0 Å². The first-order valence-electron chi connectivity index (χ1n) is 5.62. The SMILES string of the molecule is CC(N)Cc1cc2c(s1)CCCCC2. The quantitative estimate of drug-likeness (QED) is 0.745. The van der Waals surface area contributed by atoms with E-state index in [0.29, 0.717) is 6.04 Å². The molecule has 0 amide bonds. The summed E-state index contributed by atoms with van der Waals surface area (Å²) in [6.45, 7) is 2.09. The minimum Gasteiger partial charge on any atom is -0.328 e. The summed E-state index contributed by atoms with van der Waals surface area (Å²) in [7, 11) is 0. The molecule has 0 bridgehead atoms. The molecule has 1 atom stereocenters. The van der Waals surface area contributed by atoms with Gasteiger partial charge in [-0.1, -0.05) is 6.42 Å². The number of thiophene rings is 1. The Hall–Kier alpha value is -0.340. The van der Waals surface area contributed by atoms with Crippen molar-refractivity contribution in [2.75, 3.05) is 0 Å². The van der Waals surface area contributed by atoms with Crippen molar-refractivity contribution in [3.05, 3.63) is 21.4 Å². The lowest BCUT2D eigenvalue weighted by Gasteiger charge is -2.00. The third-order valence-electron chi connectivity index (χ3n) is 2.82. The monoisotopic (exact) mass is 209 g/mol. The number of hydrogen-bond donors (Lipinski definition) is 1. The van der Waals surface area contributed by atoms with Gasteiger partial charge in [-0.25, -0.2) is 0 Å². The van der Waals surface area contributed by atoms with Crippen LogP contribution in [0, 0.1) is 0 Å². The van der Waals surface area contributed by atoms with Gasteiger partial charge in [0.2, 0.25) is 0 Å². The van der Waals surface area contributed by atoms with Crippen LogP contribution in [0.3, 0.4) is 0 Å². The summed E-state index contributed by atoms with van der Waals surface area (Å²) < 4.78 is 0. The molecule has 2 heteroatoms. The van der Waals surface area contributed by atoms with E-state index in [9.17, 15) is 0 Å². The second-order valence-corrected chi connectivity index (χ2v) is 5.62. The maximum Gasteiger partial charge on any atom is 0.00801 e. The van der Waals surface area contributed by atoms with Gasteiger partial charge in [-0.3, -0.25) is 0 Å². The fourth-order valence-electron chi connectivity index (χ4n) is 2.15. The van der Waals surface area contributed by atoms with E-state index in [0.717, 1.165) is 6.42 Å². The van der Waals surface area contributed by atoms with E-state index >= 15 is 0 Å². The number of aryl methyl sites for hydroxylation is 2. The zero-order valence-electron chi connectivity index (χ0n) is 8.88. The van der Waals surface area contributed by atoms with Crippen LogP contribution in [-0.4, -0.2) is 6.04 Å². The van der Waals surface area contributed by atoms with Gasteiger partial charge >= 0.3 is 0 Å². The van der Waals surface area contributed by atoms with Gasteiger partial charge in [-0.05, 0) is 50.7 Å². The summed E-state index contributed by atoms with van der Waals surface area (Å²) in [5.74, 6) is 0. The molecule has 2 N–H and O–H groups in total. The maximum atomic E-state index is 5.82. The van der Waals surface area contributed by atoms with Crippen molar-refractivity contribution in [3.63, 3.8) is 0 Å². The smallest absolute Gasteiger partial charge is 0.00801 e. The molecule has 0 radical (unpaired) electrons. The molecule has 1 nitrogen and oxygen atoms in total. The zero-order valence-corrected chi connectivity index (χ0v) is 9.70. The number of hydrogen-bond acceptors (Lipinski definition) is 2. The fraction of sp³-hybridized carbons (Fsp3) is 0.667. The van der Waals surface area contributed by atoms with E-state index in [1.54, 1.807) is 10.4 Å². The summed E-state index contributed by atoms with van der Waals surface area (Å²) >= 11 is 2.00. The van der Waals surface area contributed by atoms with Gasteiger partial charge in [-0.15, -0.1) is 11.3 Å². The number of nitrogens with two attached hydrogens (primary N) is 1. The zero-order chi connectivity index (χ0) is 9.97. The minimum absolute atomic E-state index is 0.303. The molecule has 1 aliphatic rings. The van der Waals surface area contributed by atoms with E-state index in [2.05, 4.69) is 13.0 Å². The molecule has 0 spiro atoms. The van der Waals surface area contributed by atoms with Gasteiger partial charge in [0.15, 0.2) is 0 Å². The molecule has 1 aromatic rings. The van der Waals surface area contributed by atoms with Crippen LogP contribution in [0.25, 0.3) is 0 Å². The molecule has 0 saturated carbocycles. The molecule has 1 unspecified atom stereocenters. The molecule has 2 rings (SSSR count). The Kier molecular flexibility index (Phi) is 3.24. The molecule has 0 aliphatic heterocycles. The number of rotatable bonds is 2. The molecular formula is C12H19NS. The summed E-state index contributed by atoms with van der Waals surface area (Å²) in [5, 5.41) is 0. The third kappa shape index (κ3) is 2.37. The van der Waals surface area contributed by atoms with Gasteiger partial charge in [0.05, 0.1) is 0 Å². The maximum absolute atomic E-state index is 5.82. The highest BCUT2D eigenvalue weighted by molar-refractivity contribution is 7.12. The van der Waals surface area contributed by atoms with Crippen LogP contribution in [-0.2, 0) is 19.3 Å². The fourth-order valence-corrected chi connectivity index (χ4v) is 3.55. The Labute approximate surface area is 90.3 Å². The van der Waals surface area contributed by atoms with Gasteiger partial charge in [0.1, 0.15) is 0 Å². The van der Waals surface area contributed by atoms with Gasteiger partial charge in [-0.2, -0.15) is 0 Å². The van der Waals surface area contributed by atoms with Crippen molar-refractivity contribution in [2.45, 2.75) is 51.5 Å². The molecule has 14 heavy (non-hydrogen) atoms. The highest BCUT2D eigenvalue weighted by Crippen LogP contribution is 2.29.